The molecule has 1 aliphatic rings. The molecule has 1 saturated heterocycles. The second-order valence-electron chi connectivity index (χ2n) is 4.73. The Morgan fingerprint density at radius 2 is 1.80 bits per heavy atom. The molecule has 112 valence electrons. The lowest BCUT2D eigenvalue weighted by Crippen LogP contribution is -2.30. The molecule has 0 aromatic heterocycles. The van der Waals surface area contributed by atoms with Crippen molar-refractivity contribution in [2.24, 2.45) is 5.92 Å². The molecule has 1 fully saturated rings. The van der Waals surface area contributed by atoms with Gasteiger partial charge in [0.1, 0.15) is 11.6 Å². The maximum atomic E-state index is 13.0. The molecule has 1 aromatic rings. The SMILES string of the molecule is O=S1(=O)CCC(CNS(=O)(=O)c2cc(F)cc(F)c2)C1. The third-order valence-electron chi connectivity index (χ3n) is 3.04. The fraction of sp³-hybridized carbons (Fsp3) is 0.455. The Morgan fingerprint density at radius 1 is 1.20 bits per heavy atom. The van der Waals surface area contributed by atoms with Crippen LogP contribution in [0.1, 0.15) is 6.42 Å². The van der Waals surface area contributed by atoms with Crippen LogP contribution in [0, 0.1) is 17.6 Å². The van der Waals surface area contributed by atoms with Gasteiger partial charge in [-0.25, -0.2) is 30.3 Å². The summed E-state index contributed by atoms with van der Waals surface area (Å²) < 4.78 is 74.4. The Morgan fingerprint density at radius 3 is 2.30 bits per heavy atom. The highest BCUT2D eigenvalue weighted by Gasteiger charge is 2.29. The summed E-state index contributed by atoms with van der Waals surface area (Å²) in [5, 5.41) is 0. The Kier molecular flexibility index (Phi) is 4.12. The van der Waals surface area contributed by atoms with Crippen molar-refractivity contribution in [2.75, 3.05) is 18.1 Å². The molecular formula is C11H13F2NO4S2. The van der Waals surface area contributed by atoms with Gasteiger partial charge >= 0.3 is 0 Å². The van der Waals surface area contributed by atoms with E-state index in [-0.39, 0.29) is 24.0 Å². The molecule has 0 bridgehead atoms. The summed E-state index contributed by atoms with van der Waals surface area (Å²) in [5.74, 6) is -2.34. The maximum absolute atomic E-state index is 13.0. The van der Waals surface area contributed by atoms with Crippen LogP contribution < -0.4 is 4.72 Å². The van der Waals surface area contributed by atoms with E-state index in [1.54, 1.807) is 0 Å². The Hall–Kier alpha value is -1.06. The van der Waals surface area contributed by atoms with E-state index >= 15 is 0 Å². The van der Waals surface area contributed by atoms with E-state index in [9.17, 15) is 25.6 Å². The molecule has 1 N–H and O–H groups in total. The molecule has 5 nitrogen and oxygen atoms in total. The first kappa shape index (κ1) is 15.3. The lowest BCUT2D eigenvalue weighted by atomic mass is 10.1. The summed E-state index contributed by atoms with van der Waals surface area (Å²) in [5.41, 5.74) is 0. The molecule has 0 spiro atoms. The molecule has 2 rings (SSSR count). The first-order valence-corrected chi connectivity index (χ1v) is 9.15. The molecular weight excluding hydrogens is 312 g/mol. The van der Waals surface area contributed by atoms with Crippen molar-refractivity contribution in [3.63, 3.8) is 0 Å². The minimum Gasteiger partial charge on any atom is -0.229 e. The number of sulfonamides is 1. The van der Waals surface area contributed by atoms with Crippen LogP contribution in [0.4, 0.5) is 8.78 Å². The largest absolute Gasteiger partial charge is 0.240 e. The van der Waals surface area contributed by atoms with E-state index in [0.29, 0.717) is 24.6 Å². The Balaban J connectivity index is 2.08. The van der Waals surface area contributed by atoms with Gasteiger partial charge in [-0.05, 0) is 24.5 Å². The standard InChI is InChI=1S/C11H13F2NO4S2/c12-9-3-10(13)5-11(4-9)20(17,18)14-6-8-1-2-19(15,16)7-8/h3-5,8,14H,1-2,6-7H2. The molecule has 1 unspecified atom stereocenters. The first-order chi connectivity index (χ1) is 9.18. The summed E-state index contributed by atoms with van der Waals surface area (Å²) in [7, 11) is -7.15. The van der Waals surface area contributed by atoms with Crippen molar-refractivity contribution < 1.29 is 25.6 Å². The van der Waals surface area contributed by atoms with Crippen LogP contribution >= 0.6 is 0 Å². The second-order valence-corrected chi connectivity index (χ2v) is 8.72. The topological polar surface area (TPSA) is 80.3 Å². The smallest absolute Gasteiger partial charge is 0.229 e. The van der Waals surface area contributed by atoms with E-state index in [1.165, 1.54) is 0 Å². The van der Waals surface area contributed by atoms with Crippen LogP contribution in [0.5, 0.6) is 0 Å². The van der Waals surface area contributed by atoms with Gasteiger partial charge in [0.25, 0.3) is 0 Å². The van der Waals surface area contributed by atoms with E-state index in [1.807, 2.05) is 0 Å². The van der Waals surface area contributed by atoms with Crippen molar-refractivity contribution in [1.82, 2.24) is 4.72 Å². The van der Waals surface area contributed by atoms with E-state index < -0.39 is 36.4 Å². The van der Waals surface area contributed by atoms with E-state index in [4.69, 9.17) is 0 Å². The van der Waals surface area contributed by atoms with Crippen molar-refractivity contribution in [1.29, 1.82) is 0 Å². The molecule has 0 radical (unpaired) electrons. The highest BCUT2D eigenvalue weighted by atomic mass is 32.2. The van der Waals surface area contributed by atoms with Crippen molar-refractivity contribution >= 4 is 19.9 Å². The second kappa shape index (κ2) is 5.38. The monoisotopic (exact) mass is 325 g/mol. The van der Waals surface area contributed by atoms with E-state index in [0.717, 1.165) is 0 Å². The average Bonchev–Trinajstić information content (AvgIpc) is 2.65. The predicted octanol–water partition coefficient (Wildman–Crippen LogP) is 0.678. The van der Waals surface area contributed by atoms with Crippen molar-refractivity contribution in [3.05, 3.63) is 29.8 Å². The van der Waals surface area contributed by atoms with Gasteiger partial charge in [-0.3, -0.25) is 0 Å². The highest BCUT2D eigenvalue weighted by molar-refractivity contribution is 7.91. The van der Waals surface area contributed by atoms with Crippen molar-refractivity contribution in [3.8, 4) is 0 Å². The summed E-state index contributed by atoms with van der Waals surface area (Å²) in [6.45, 7) is -0.0697. The van der Waals surface area contributed by atoms with Gasteiger partial charge in [-0.2, -0.15) is 0 Å². The van der Waals surface area contributed by atoms with Crippen LogP contribution in [0.2, 0.25) is 0 Å². The van der Waals surface area contributed by atoms with Crippen LogP contribution in [-0.4, -0.2) is 34.9 Å². The third-order valence-corrected chi connectivity index (χ3v) is 6.28. The number of nitrogens with one attached hydrogen (secondary N) is 1. The molecule has 20 heavy (non-hydrogen) atoms. The number of hydrogen-bond acceptors (Lipinski definition) is 4. The zero-order chi connectivity index (χ0) is 15.0. The normalized spacial score (nSPS) is 22.0. The minimum atomic E-state index is -4.05. The lowest BCUT2D eigenvalue weighted by Gasteiger charge is -2.10. The number of halogens is 2. The molecule has 1 aliphatic heterocycles. The number of hydrogen-bond donors (Lipinski definition) is 1. The molecule has 9 heteroatoms. The third kappa shape index (κ3) is 3.74. The zero-order valence-corrected chi connectivity index (χ0v) is 12.0. The summed E-state index contributed by atoms with van der Waals surface area (Å²) in [6.07, 6.45) is 0.377. The Bertz CT molecular complexity index is 696. The van der Waals surface area contributed by atoms with Gasteiger partial charge in [0, 0.05) is 12.6 Å². The number of rotatable bonds is 4. The molecule has 1 atom stereocenters. The van der Waals surface area contributed by atoms with Crippen LogP contribution in [-0.2, 0) is 19.9 Å². The predicted molar refractivity (Wildman–Crippen MR) is 68.3 cm³/mol. The fourth-order valence-corrected chi connectivity index (χ4v) is 5.05. The fourth-order valence-electron chi connectivity index (χ4n) is 2.03. The zero-order valence-electron chi connectivity index (χ0n) is 10.3. The summed E-state index contributed by atoms with van der Waals surface area (Å²) in [6, 6.07) is 1.98. The number of sulfone groups is 1. The molecule has 1 aromatic carbocycles. The molecule has 1 heterocycles. The summed E-state index contributed by atoms with van der Waals surface area (Å²) in [4.78, 5) is -0.518. The van der Waals surface area contributed by atoms with Gasteiger partial charge in [0.15, 0.2) is 9.84 Å². The van der Waals surface area contributed by atoms with Gasteiger partial charge in [0.05, 0.1) is 16.4 Å². The van der Waals surface area contributed by atoms with Crippen molar-refractivity contribution in [2.45, 2.75) is 11.3 Å². The van der Waals surface area contributed by atoms with Gasteiger partial charge < -0.3 is 0 Å². The Labute approximate surface area is 116 Å². The van der Waals surface area contributed by atoms with Crippen LogP contribution in [0.25, 0.3) is 0 Å². The first-order valence-electron chi connectivity index (χ1n) is 5.84. The average molecular weight is 325 g/mol. The van der Waals surface area contributed by atoms with Crippen LogP contribution in [0.3, 0.4) is 0 Å². The van der Waals surface area contributed by atoms with E-state index in [2.05, 4.69) is 4.72 Å². The van der Waals surface area contributed by atoms with Gasteiger partial charge in [-0.1, -0.05) is 0 Å². The maximum Gasteiger partial charge on any atom is 0.240 e. The molecule has 0 saturated carbocycles. The lowest BCUT2D eigenvalue weighted by molar-refractivity contribution is 0.538. The molecule has 0 amide bonds. The summed E-state index contributed by atoms with van der Waals surface area (Å²) >= 11 is 0. The van der Waals surface area contributed by atoms with Crippen LogP contribution in [0.15, 0.2) is 23.1 Å². The quantitative estimate of drug-likeness (QED) is 0.883. The van der Waals surface area contributed by atoms with Gasteiger partial charge in [0.2, 0.25) is 10.0 Å². The minimum absolute atomic E-state index is 0.0357. The number of benzene rings is 1. The molecule has 0 aliphatic carbocycles. The van der Waals surface area contributed by atoms with Gasteiger partial charge in [-0.15, -0.1) is 0 Å². The highest BCUT2D eigenvalue weighted by Crippen LogP contribution is 2.19.